The first-order valence-corrected chi connectivity index (χ1v) is 7.10. The van der Waals surface area contributed by atoms with Crippen molar-refractivity contribution in [3.8, 4) is 0 Å². The van der Waals surface area contributed by atoms with Crippen molar-refractivity contribution in [2.24, 2.45) is 0 Å². The Morgan fingerprint density at radius 1 is 1.30 bits per heavy atom. The van der Waals surface area contributed by atoms with Crippen molar-refractivity contribution < 1.29 is 18.3 Å². The number of aromatic amines is 1. The first-order chi connectivity index (χ1) is 9.32. The number of benzene rings is 1. The van der Waals surface area contributed by atoms with Gasteiger partial charge in [-0.15, -0.1) is 0 Å². The Morgan fingerprint density at radius 2 is 1.90 bits per heavy atom. The average Bonchev–Trinajstić information content (AvgIpc) is 2.85. The number of aromatic nitrogens is 2. The lowest BCUT2D eigenvalue weighted by Crippen LogP contribution is -2.26. The summed E-state index contributed by atoms with van der Waals surface area (Å²) in [5.41, 5.74) is 0.458. The fraction of sp³-hybridized carbons (Fsp3) is 0.167. The van der Waals surface area contributed by atoms with Crippen molar-refractivity contribution >= 4 is 21.7 Å². The predicted octanol–water partition coefficient (Wildman–Crippen LogP) is 1.24. The van der Waals surface area contributed by atoms with Gasteiger partial charge in [0.25, 0.3) is 10.0 Å². The molecule has 2 rings (SSSR count). The van der Waals surface area contributed by atoms with E-state index in [0.717, 1.165) is 4.31 Å². The van der Waals surface area contributed by atoms with Crippen LogP contribution in [0.25, 0.3) is 0 Å². The maximum absolute atomic E-state index is 12.3. The van der Waals surface area contributed by atoms with Gasteiger partial charge in [-0.05, 0) is 31.2 Å². The molecule has 20 heavy (non-hydrogen) atoms. The number of H-pyrrole nitrogens is 1. The maximum atomic E-state index is 12.3. The number of carbonyl (C=O) groups is 1. The van der Waals surface area contributed by atoms with E-state index < -0.39 is 16.0 Å². The minimum atomic E-state index is -3.74. The van der Waals surface area contributed by atoms with Gasteiger partial charge in [-0.2, -0.15) is 8.42 Å². The Kier molecular flexibility index (Phi) is 3.49. The highest BCUT2D eigenvalue weighted by atomic mass is 32.2. The molecule has 0 amide bonds. The van der Waals surface area contributed by atoms with E-state index in [0.29, 0.717) is 11.5 Å². The number of hydrogen-bond donors (Lipinski definition) is 2. The van der Waals surface area contributed by atoms with Gasteiger partial charge in [0.05, 0.1) is 17.4 Å². The van der Waals surface area contributed by atoms with E-state index >= 15 is 0 Å². The van der Waals surface area contributed by atoms with Crippen LogP contribution in [0.1, 0.15) is 16.2 Å². The van der Waals surface area contributed by atoms with Crippen LogP contribution in [0.3, 0.4) is 0 Å². The number of aryl methyl sites for hydroxylation is 1. The van der Waals surface area contributed by atoms with Crippen LogP contribution in [0, 0.1) is 6.92 Å². The lowest BCUT2D eigenvalue weighted by atomic mass is 10.2. The molecule has 7 nitrogen and oxygen atoms in total. The number of rotatable bonds is 4. The zero-order valence-corrected chi connectivity index (χ0v) is 11.7. The van der Waals surface area contributed by atoms with E-state index in [1.54, 1.807) is 6.92 Å². The quantitative estimate of drug-likeness (QED) is 0.883. The minimum Gasteiger partial charge on any atom is -0.478 e. The highest BCUT2D eigenvalue weighted by Gasteiger charge is 2.23. The SMILES string of the molecule is Cc1ncc(S(=O)(=O)N(C)c2ccc(C(=O)O)cc2)[nH]1. The summed E-state index contributed by atoms with van der Waals surface area (Å²) in [6.45, 7) is 1.65. The summed E-state index contributed by atoms with van der Waals surface area (Å²) in [5, 5.41) is 8.80. The second kappa shape index (κ2) is 4.97. The van der Waals surface area contributed by atoms with E-state index in [9.17, 15) is 13.2 Å². The summed E-state index contributed by atoms with van der Waals surface area (Å²) in [7, 11) is -2.35. The topological polar surface area (TPSA) is 103 Å². The van der Waals surface area contributed by atoms with E-state index in [1.807, 2.05) is 0 Å². The van der Waals surface area contributed by atoms with Crippen LogP contribution in [0.5, 0.6) is 0 Å². The van der Waals surface area contributed by atoms with Crippen LogP contribution in [0.15, 0.2) is 35.5 Å². The fourth-order valence-electron chi connectivity index (χ4n) is 1.63. The highest BCUT2D eigenvalue weighted by Crippen LogP contribution is 2.21. The summed E-state index contributed by atoms with van der Waals surface area (Å²) in [4.78, 5) is 17.3. The van der Waals surface area contributed by atoms with Gasteiger partial charge in [0, 0.05) is 7.05 Å². The summed E-state index contributed by atoms with van der Waals surface area (Å²) >= 11 is 0. The predicted molar refractivity (Wildman–Crippen MR) is 72.3 cm³/mol. The number of sulfonamides is 1. The van der Waals surface area contributed by atoms with Crippen LogP contribution in [-0.4, -0.2) is 36.5 Å². The Balaban J connectivity index is 2.35. The molecule has 8 heteroatoms. The fourth-order valence-corrected chi connectivity index (χ4v) is 2.79. The molecule has 0 fully saturated rings. The Hall–Kier alpha value is -2.35. The smallest absolute Gasteiger partial charge is 0.335 e. The van der Waals surface area contributed by atoms with Crippen LogP contribution in [0.4, 0.5) is 5.69 Å². The third-order valence-corrected chi connectivity index (χ3v) is 4.49. The van der Waals surface area contributed by atoms with Gasteiger partial charge < -0.3 is 10.1 Å². The van der Waals surface area contributed by atoms with Crippen LogP contribution in [-0.2, 0) is 10.0 Å². The third-order valence-electron chi connectivity index (χ3n) is 2.80. The van der Waals surface area contributed by atoms with Crippen molar-refractivity contribution in [1.82, 2.24) is 9.97 Å². The average molecular weight is 295 g/mol. The first kappa shape index (κ1) is 14.1. The van der Waals surface area contributed by atoms with Crippen molar-refractivity contribution in [3.05, 3.63) is 41.9 Å². The molecule has 0 aliphatic rings. The lowest BCUT2D eigenvalue weighted by molar-refractivity contribution is 0.0697. The molecule has 1 aromatic heterocycles. The maximum Gasteiger partial charge on any atom is 0.335 e. The molecule has 2 aromatic rings. The second-order valence-corrected chi connectivity index (χ2v) is 6.10. The van der Waals surface area contributed by atoms with Crippen LogP contribution < -0.4 is 4.31 Å². The monoisotopic (exact) mass is 295 g/mol. The Bertz CT molecular complexity index is 734. The van der Waals surface area contributed by atoms with E-state index in [1.165, 1.54) is 37.5 Å². The number of nitrogens with one attached hydrogen (secondary N) is 1. The number of anilines is 1. The Labute approximate surface area is 115 Å². The largest absolute Gasteiger partial charge is 0.478 e. The zero-order chi connectivity index (χ0) is 14.9. The summed E-state index contributed by atoms with van der Waals surface area (Å²) < 4.78 is 25.7. The third kappa shape index (κ3) is 2.50. The molecule has 0 aliphatic heterocycles. The van der Waals surface area contributed by atoms with Gasteiger partial charge in [0.15, 0.2) is 5.03 Å². The van der Waals surface area contributed by atoms with Gasteiger partial charge in [-0.3, -0.25) is 4.31 Å². The van der Waals surface area contributed by atoms with Crippen molar-refractivity contribution in [3.63, 3.8) is 0 Å². The lowest BCUT2D eigenvalue weighted by Gasteiger charge is -2.18. The van der Waals surface area contributed by atoms with Crippen molar-refractivity contribution in [1.29, 1.82) is 0 Å². The number of carboxylic acids is 1. The summed E-state index contributed by atoms with van der Waals surface area (Å²) in [5.74, 6) is -0.565. The molecule has 0 radical (unpaired) electrons. The summed E-state index contributed by atoms with van der Waals surface area (Å²) in [6, 6.07) is 5.57. The molecular formula is C12H13N3O4S. The van der Waals surface area contributed by atoms with Gasteiger partial charge in [-0.1, -0.05) is 0 Å². The molecule has 0 unspecified atom stereocenters. The number of nitrogens with zero attached hydrogens (tertiary/aromatic N) is 2. The normalized spacial score (nSPS) is 11.3. The molecule has 0 spiro atoms. The van der Waals surface area contributed by atoms with E-state index in [4.69, 9.17) is 5.11 Å². The molecule has 2 N–H and O–H groups in total. The number of carboxylic acid groups (broad SMARTS) is 1. The Morgan fingerprint density at radius 3 is 2.35 bits per heavy atom. The first-order valence-electron chi connectivity index (χ1n) is 5.66. The molecule has 0 atom stereocenters. The van der Waals surface area contributed by atoms with Gasteiger partial charge in [0.1, 0.15) is 5.82 Å². The van der Waals surface area contributed by atoms with Crippen LogP contribution >= 0.6 is 0 Å². The van der Waals surface area contributed by atoms with Crippen molar-refractivity contribution in [2.75, 3.05) is 11.4 Å². The van der Waals surface area contributed by atoms with Crippen LogP contribution in [0.2, 0.25) is 0 Å². The van der Waals surface area contributed by atoms with Gasteiger partial charge in [0.2, 0.25) is 0 Å². The minimum absolute atomic E-state index is 0.0141. The molecule has 106 valence electrons. The molecule has 0 bridgehead atoms. The number of imidazole rings is 1. The van der Waals surface area contributed by atoms with Gasteiger partial charge in [-0.25, -0.2) is 9.78 Å². The second-order valence-electron chi connectivity index (χ2n) is 4.16. The molecular weight excluding hydrogens is 282 g/mol. The number of hydrogen-bond acceptors (Lipinski definition) is 4. The standard InChI is InChI=1S/C12H13N3O4S/c1-8-13-7-11(14-8)20(18,19)15(2)10-5-3-9(4-6-10)12(16)17/h3-7H,1-2H3,(H,13,14)(H,16,17). The number of aromatic carboxylic acids is 1. The van der Waals surface area contributed by atoms with Crippen molar-refractivity contribution in [2.45, 2.75) is 11.9 Å². The highest BCUT2D eigenvalue weighted by molar-refractivity contribution is 7.92. The molecule has 0 saturated carbocycles. The van der Waals surface area contributed by atoms with Gasteiger partial charge >= 0.3 is 5.97 Å². The van der Waals surface area contributed by atoms with E-state index in [2.05, 4.69) is 9.97 Å². The zero-order valence-electron chi connectivity index (χ0n) is 10.9. The molecule has 0 saturated heterocycles. The molecule has 1 heterocycles. The van der Waals surface area contributed by atoms with E-state index in [-0.39, 0.29) is 10.6 Å². The summed E-state index contributed by atoms with van der Waals surface area (Å²) in [6.07, 6.45) is 1.24. The molecule has 1 aromatic carbocycles. The molecule has 0 aliphatic carbocycles.